The van der Waals surface area contributed by atoms with E-state index in [1.807, 2.05) is 30.5 Å². The quantitative estimate of drug-likeness (QED) is 0.380. The molecule has 32 heavy (non-hydrogen) atoms. The molecule has 3 heterocycles. The SMILES string of the molecule is COCCn1cnnc1SCC(=O)Nc1cccc(-c2nc3sc(C)c(C)c3c(=O)[nH]2)c1. The number of anilines is 1. The van der Waals surface area contributed by atoms with Crippen LogP contribution in [0.4, 0.5) is 5.69 Å². The molecule has 0 saturated heterocycles. The molecule has 2 N–H and O–H groups in total. The molecule has 0 aliphatic rings. The number of ether oxygens (including phenoxy) is 1. The van der Waals surface area contributed by atoms with E-state index in [0.29, 0.717) is 40.0 Å². The maximum Gasteiger partial charge on any atom is 0.260 e. The highest BCUT2D eigenvalue weighted by molar-refractivity contribution is 7.99. The number of aromatic amines is 1. The number of hydrogen-bond donors (Lipinski definition) is 2. The zero-order valence-electron chi connectivity index (χ0n) is 17.8. The first-order chi connectivity index (χ1) is 15.5. The van der Waals surface area contributed by atoms with Gasteiger partial charge in [0.05, 0.1) is 17.7 Å². The van der Waals surface area contributed by atoms with Crippen LogP contribution in [-0.2, 0) is 16.1 Å². The van der Waals surface area contributed by atoms with Gasteiger partial charge in [-0.15, -0.1) is 21.5 Å². The van der Waals surface area contributed by atoms with Crippen molar-refractivity contribution in [1.29, 1.82) is 0 Å². The minimum absolute atomic E-state index is 0.157. The zero-order chi connectivity index (χ0) is 22.7. The molecule has 0 spiro atoms. The van der Waals surface area contributed by atoms with Gasteiger partial charge in [0.2, 0.25) is 5.91 Å². The smallest absolute Gasteiger partial charge is 0.260 e. The van der Waals surface area contributed by atoms with Crippen LogP contribution in [0, 0.1) is 13.8 Å². The molecule has 0 saturated carbocycles. The van der Waals surface area contributed by atoms with E-state index in [-0.39, 0.29) is 17.2 Å². The monoisotopic (exact) mass is 470 g/mol. The van der Waals surface area contributed by atoms with E-state index in [4.69, 9.17) is 4.74 Å². The van der Waals surface area contributed by atoms with Crippen molar-refractivity contribution in [3.63, 3.8) is 0 Å². The van der Waals surface area contributed by atoms with Crippen LogP contribution in [0.25, 0.3) is 21.6 Å². The molecular weight excluding hydrogens is 448 g/mol. The van der Waals surface area contributed by atoms with E-state index in [9.17, 15) is 9.59 Å². The molecule has 3 aromatic heterocycles. The molecule has 1 aromatic carbocycles. The minimum Gasteiger partial charge on any atom is -0.383 e. The van der Waals surface area contributed by atoms with Crippen molar-refractivity contribution < 1.29 is 9.53 Å². The van der Waals surface area contributed by atoms with E-state index in [1.165, 1.54) is 23.1 Å². The number of aryl methyl sites for hydroxylation is 2. The Morgan fingerprint density at radius 1 is 1.34 bits per heavy atom. The van der Waals surface area contributed by atoms with Gasteiger partial charge in [-0.3, -0.25) is 9.59 Å². The Balaban J connectivity index is 1.47. The maximum absolute atomic E-state index is 12.6. The Morgan fingerprint density at radius 2 is 2.19 bits per heavy atom. The van der Waals surface area contributed by atoms with Gasteiger partial charge in [0.15, 0.2) is 5.16 Å². The number of nitrogens with one attached hydrogen (secondary N) is 2. The highest BCUT2D eigenvalue weighted by Gasteiger charge is 2.14. The van der Waals surface area contributed by atoms with Crippen molar-refractivity contribution in [2.24, 2.45) is 0 Å². The van der Waals surface area contributed by atoms with Crippen molar-refractivity contribution in [1.82, 2.24) is 24.7 Å². The van der Waals surface area contributed by atoms with Crippen molar-refractivity contribution >= 4 is 44.9 Å². The first kappa shape index (κ1) is 22.2. The van der Waals surface area contributed by atoms with Crippen molar-refractivity contribution in [2.45, 2.75) is 25.5 Å². The second-order valence-corrected chi connectivity index (χ2v) is 9.24. The molecule has 1 amide bonds. The fourth-order valence-electron chi connectivity index (χ4n) is 3.16. The van der Waals surface area contributed by atoms with E-state index in [2.05, 4.69) is 25.5 Å². The van der Waals surface area contributed by atoms with Crippen molar-refractivity contribution in [3.8, 4) is 11.4 Å². The number of fused-ring (bicyclic) bond motifs is 1. The lowest BCUT2D eigenvalue weighted by atomic mass is 10.1. The zero-order valence-corrected chi connectivity index (χ0v) is 19.5. The summed E-state index contributed by atoms with van der Waals surface area (Å²) in [6.45, 7) is 5.07. The van der Waals surface area contributed by atoms with Gasteiger partial charge >= 0.3 is 0 Å². The summed E-state index contributed by atoms with van der Waals surface area (Å²) in [6, 6.07) is 7.25. The van der Waals surface area contributed by atoms with Crippen LogP contribution in [0.15, 0.2) is 40.5 Å². The van der Waals surface area contributed by atoms with Gasteiger partial charge in [0.25, 0.3) is 5.56 Å². The van der Waals surface area contributed by atoms with Gasteiger partial charge in [0.1, 0.15) is 17.0 Å². The summed E-state index contributed by atoms with van der Waals surface area (Å²) < 4.78 is 6.91. The van der Waals surface area contributed by atoms with Crippen LogP contribution in [0.1, 0.15) is 10.4 Å². The second kappa shape index (κ2) is 9.63. The number of H-pyrrole nitrogens is 1. The number of benzene rings is 1. The number of carbonyl (C=O) groups excluding carboxylic acids is 1. The number of rotatable bonds is 8. The topological polar surface area (TPSA) is 115 Å². The predicted molar refractivity (Wildman–Crippen MR) is 126 cm³/mol. The fourth-order valence-corrected chi connectivity index (χ4v) is 4.93. The summed E-state index contributed by atoms with van der Waals surface area (Å²) in [7, 11) is 1.63. The third kappa shape index (κ3) is 4.74. The minimum atomic E-state index is -0.171. The van der Waals surface area contributed by atoms with Crippen LogP contribution in [0.5, 0.6) is 0 Å². The summed E-state index contributed by atoms with van der Waals surface area (Å²) in [4.78, 5) is 34.3. The molecule has 0 fully saturated rings. The largest absolute Gasteiger partial charge is 0.383 e. The lowest BCUT2D eigenvalue weighted by Crippen LogP contribution is -2.15. The molecule has 166 valence electrons. The number of methoxy groups -OCH3 is 1. The van der Waals surface area contributed by atoms with Crippen LogP contribution in [0.3, 0.4) is 0 Å². The van der Waals surface area contributed by atoms with Crippen LogP contribution < -0.4 is 10.9 Å². The molecule has 0 bridgehead atoms. The fraction of sp³-hybridized carbons (Fsp3) is 0.286. The Kier molecular flexibility index (Phi) is 6.68. The molecule has 0 aliphatic heterocycles. The normalized spacial score (nSPS) is 11.2. The van der Waals surface area contributed by atoms with Crippen LogP contribution in [0.2, 0.25) is 0 Å². The summed E-state index contributed by atoms with van der Waals surface area (Å²) in [5.74, 6) is 0.486. The molecule has 0 atom stereocenters. The first-order valence-corrected chi connectivity index (χ1v) is 11.7. The standard InChI is InChI=1S/C21H22N6O3S2/c1-12-13(2)32-20-17(12)19(29)24-18(25-20)14-5-4-6-15(9-14)23-16(28)10-31-21-26-22-11-27(21)7-8-30-3/h4-6,9,11H,7-8,10H2,1-3H3,(H,23,28)(H,24,25,29). The average molecular weight is 471 g/mol. The number of thioether (sulfide) groups is 1. The highest BCUT2D eigenvalue weighted by atomic mass is 32.2. The van der Waals surface area contributed by atoms with Gasteiger partial charge in [0, 0.05) is 29.8 Å². The molecule has 0 radical (unpaired) electrons. The number of amides is 1. The molecule has 0 aliphatic carbocycles. The number of hydrogen-bond acceptors (Lipinski definition) is 8. The van der Waals surface area contributed by atoms with Crippen LogP contribution >= 0.6 is 23.1 Å². The first-order valence-electron chi connectivity index (χ1n) is 9.86. The third-order valence-electron chi connectivity index (χ3n) is 4.91. The molecule has 11 heteroatoms. The molecule has 0 unspecified atom stereocenters. The van der Waals surface area contributed by atoms with E-state index in [1.54, 1.807) is 25.6 Å². The van der Waals surface area contributed by atoms with Crippen molar-refractivity contribution in [2.75, 3.05) is 24.8 Å². The average Bonchev–Trinajstić information content (AvgIpc) is 3.34. The van der Waals surface area contributed by atoms with E-state index < -0.39 is 0 Å². The molecule has 4 aromatic rings. The predicted octanol–water partition coefficient (Wildman–Crippen LogP) is 3.24. The van der Waals surface area contributed by atoms with Gasteiger partial charge in [-0.1, -0.05) is 23.9 Å². The summed E-state index contributed by atoms with van der Waals surface area (Å²) in [6.07, 6.45) is 1.61. The maximum atomic E-state index is 12.6. The number of nitrogens with zero attached hydrogens (tertiary/aromatic N) is 4. The van der Waals surface area contributed by atoms with E-state index >= 15 is 0 Å². The van der Waals surface area contributed by atoms with E-state index in [0.717, 1.165) is 16.0 Å². The van der Waals surface area contributed by atoms with Crippen molar-refractivity contribution in [3.05, 3.63) is 51.4 Å². The number of carbonyl (C=O) groups is 1. The second-order valence-electron chi connectivity index (χ2n) is 7.10. The molecule has 9 nitrogen and oxygen atoms in total. The highest BCUT2D eigenvalue weighted by Crippen LogP contribution is 2.28. The van der Waals surface area contributed by atoms with Gasteiger partial charge < -0.3 is 19.6 Å². The molecule has 4 rings (SSSR count). The number of aromatic nitrogens is 5. The third-order valence-corrected chi connectivity index (χ3v) is 6.99. The Hall–Kier alpha value is -3.02. The van der Waals surface area contributed by atoms with Gasteiger partial charge in [-0.25, -0.2) is 4.98 Å². The number of thiophene rings is 1. The lowest BCUT2D eigenvalue weighted by Gasteiger charge is -2.08. The van der Waals surface area contributed by atoms with Gasteiger partial charge in [-0.05, 0) is 31.5 Å². The Bertz CT molecular complexity index is 1330. The molecular formula is C21H22N6O3S2. The summed E-state index contributed by atoms with van der Waals surface area (Å²) in [5, 5.41) is 12.1. The summed E-state index contributed by atoms with van der Waals surface area (Å²) >= 11 is 2.81. The van der Waals surface area contributed by atoms with Crippen LogP contribution in [-0.4, -0.2) is 50.1 Å². The lowest BCUT2D eigenvalue weighted by molar-refractivity contribution is -0.113. The Labute approximate surface area is 192 Å². The summed E-state index contributed by atoms with van der Waals surface area (Å²) in [5.41, 5.74) is 2.14. The Morgan fingerprint density at radius 3 is 3.00 bits per heavy atom. The van der Waals surface area contributed by atoms with Gasteiger partial charge in [-0.2, -0.15) is 0 Å².